The van der Waals surface area contributed by atoms with Gasteiger partial charge in [-0.3, -0.25) is 4.79 Å². The molecule has 0 aromatic rings. The van der Waals surface area contributed by atoms with Crippen LogP contribution in [0.3, 0.4) is 0 Å². The molecule has 2 atom stereocenters. The Labute approximate surface area is 59.0 Å². The Morgan fingerprint density at radius 3 is 3.40 bits per heavy atom. The number of hydrogen-bond acceptors (Lipinski definition) is 3. The van der Waals surface area contributed by atoms with Crippen LogP contribution in [0.15, 0.2) is 5.11 Å². The van der Waals surface area contributed by atoms with E-state index < -0.39 is 12.5 Å². The van der Waals surface area contributed by atoms with E-state index in [-0.39, 0.29) is 18.9 Å². The molecule has 0 aliphatic carbocycles. The van der Waals surface area contributed by atoms with Gasteiger partial charge >= 0.3 is 5.97 Å². The molecule has 5 heteroatoms. The van der Waals surface area contributed by atoms with Gasteiger partial charge < -0.3 is 4.74 Å². The molecule has 1 fully saturated rings. The molecule has 0 bridgehead atoms. The lowest BCUT2D eigenvalue weighted by Crippen LogP contribution is -2.09. The number of ether oxygens (including phenoxy) is 1. The highest BCUT2D eigenvalue weighted by atomic mass is 16.5. The van der Waals surface area contributed by atoms with Gasteiger partial charge in [0, 0.05) is 12.7 Å². The molecule has 54 valence electrons. The molecule has 1 saturated heterocycles. The lowest BCUT2D eigenvalue weighted by atomic mass is 10.2. The van der Waals surface area contributed by atoms with E-state index in [2.05, 4.69) is 14.8 Å². The molecular weight excluding hydrogens is 134 g/mol. The van der Waals surface area contributed by atoms with Crippen LogP contribution in [0.5, 0.6) is 0 Å². The van der Waals surface area contributed by atoms with Crippen LogP contribution in [0, 0.1) is 0 Å². The molecule has 0 aromatic heterocycles. The number of cyclic esters (lactones) is 1. The normalized spacial score (nSPS) is 32.4. The van der Waals surface area contributed by atoms with Crippen molar-refractivity contribution in [3.63, 3.8) is 0 Å². The standard InChI is InChI=1S/C5H7N3O2/c6-8-7-3-4-1-2-5(9)10-4/h4H,1-3H2/t4-/m0/s1/i1D/t1-,4-. The van der Waals surface area contributed by atoms with Crippen molar-refractivity contribution in [2.24, 2.45) is 5.11 Å². The first-order valence-electron chi connectivity index (χ1n) is 3.44. The fourth-order valence-corrected chi connectivity index (χ4v) is 0.722. The summed E-state index contributed by atoms with van der Waals surface area (Å²) < 4.78 is 12.0. The maximum Gasteiger partial charge on any atom is 0.306 e. The zero-order valence-electron chi connectivity index (χ0n) is 6.23. The molecule has 0 N–H and O–H groups in total. The Bertz CT molecular complexity index is 214. The minimum absolute atomic E-state index is 0.0659. The van der Waals surface area contributed by atoms with Crippen LogP contribution in [0.1, 0.15) is 14.2 Å². The summed E-state index contributed by atoms with van der Waals surface area (Å²) in [6.45, 7) is 0.0659. The molecule has 0 unspecified atom stereocenters. The van der Waals surface area contributed by atoms with E-state index >= 15 is 0 Å². The van der Waals surface area contributed by atoms with Crippen LogP contribution in [-0.2, 0) is 9.53 Å². The van der Waals surface area contributed by atoms with Crippen molar-refractivity contribution in [3.05, 3.63) is 10.4 Å². The van der Waals surface area contributed by atoms with E-state index in [0.29, 0.717) is 0 Å². The van der Waals surface area contributed by atoms with E-state index in [1.165, 1.54) is 0 Å². The van der Waals surface area contributed by atoms with Crippen molar-refractivity contribution in [2.75, 3.05) is 6.54 Å². The number of rotatable bonds is 2. The minimum atomic E-state index is -0.576. The van der Waals surface area contributed by atoms with E-state index in [0.717, 1.165) is 0 Å². The Hall–Kier alpha value is -1.22. The van der Waals surface area contributed by atoms with Gasteiger partial charge in [-0.15, -0.1) is 0 Å². The molecule has 5 nitrogen and oxygen atoms in total. The SMILES string of the molecule is [2H][C@H]1CC(=O)O[C@@H]1CN=[N+]=[N-]. The van der Waals surface area contributed by atoms with Crippen molar-refractivity contribution >= 4 is 5.97 Å². The van der Waals surface area contributed by atoms with Crippen molar-refractivity contribution in [2.45, 2.75) is 18.9 Å². The molecule has 1 aliphatic heterocycles. The second kappa shape index (κ2) is 3.08. The summed E-state index contributed by atoms with van der Waals surface area (Å²) in [6, 6.07) is 0. The average molecular weight is 142 g/mol. The van der Waals surface area contributed by atoms with Gasteiger partial charge in [-0.05, 0) is 11.9 Å². The van der Waals surface area contributed by atoms with Gasteiger partial charge in [-0.25, -0.2) is 0 Å². The Morgan fingerprint density at radius 2 is 2.90 bits per heavy atom. The third-order valence-electron chi connectivity index (χ3n) is 1.16. The first-order chi connectivity index (χ1) is 5.24. The first-order valence-corrected chi connectivity index (χ1v) is 2.86. The smallest absolute Gasteiger partial charge is 0.306 e. The lowest BCUT2D eigenvalue weighted by Gasteiger charge is -2.01. The predicted octanol–water partition coefficient (Wildman–Crippen LogP) is 1.00. The van der Waals surface area contributed by atoms with Gasteiger partial charge in [0.1, 0.15) is 6.10 Å². The molecule has 0 spiro atoms. The summed E-state index contributed by atoms with van der Waals surface area (Å²) >= 11 is 0. The lowest BCUT2D eigenvalue weighted by molar-refractivity contribution is -0.141. The number of esters is 1. The van der Waals surface area contributed by atoms with Crippen molar-refractivity contribution in [1.29, 1.82) is 0 Å². The Morgan fingerprint density at radius 1 is 2.10 bits per heavy atom. The summed E-state index contributed by atoms with van der Waals surface area (Å²) in [6.07, 6.45) is -1.02. The van der Waals surface area contributed by atoms with Crippen LogP contribution in [0.25, 0.3) is 10.4 Å². The van der Waals surface area contributed by atoms with Crippen molar-refractivity contribution < 1.29 is 10.9 Å². The van der Waals surface area contributed by atoms with Crippen LogP contribution in [-0.4, -0.2) is 18.6 Å². The minimum Gasteiger partial charge on any atom is -0.462 e. The topological polar surface area (TPSA) is 75.1 Å². The first kappa shape index (κ1) is 5.56. The molecule has 1 heterocycles. The van der Waals surface area contributed by atoms with Crippen LogP contribution in [0.2, 0.25) is 0 Å². The van der Waals surface area contributed by atoms with Crippen LogP contribution in [0.4, 0.5) is 0 Å². The summed E-state index contributed by atoms with van der Waals surface area (Å²) in [5.74, 6) is -0.386. The molecule has 1 rings (SSSR count). The number of nitrogens with zero attached hydrogens (tertiary/aromatic N) is 3. The highest BCUT2D eigenvalue weighted by Gasteiger charge is 2.21. The summed E-state index contributed by atoms with van der Waals surface area (Å²) in [4.78, 5) is 13.1. The molecule has 10 heavy (non-hydrogen) atoms. The van der Waals surface area contributed by atoms with Gasteiger partial charge in [-0.1, -0.05) is 5.11 Å². The predicted molar refractivity (Wildman–Crippen MR) is 33.1 cm³/mol. The fourth-order valence-electron chi connectivity index (χ4n) is 0.722. The third kappa shape index (κ3) is 1.63. The Balaban J connectivity index is 2.46. The van der Waals surface area contributed by atoms with Crippen molar-refractivity contribution in [3.8, 4) is 0 Å². The number of carbonyl (C=O) groups is 1. The molecule has 0 amide bonds. The highest BCUT2D eigenvalue weighted by Crippen LogP contribution is 2.13. The van der Waals surface area contributed by atoms with E-state index in [4.69, 9.17) is 6.90 Å². The van der Waals surface area contributed by atoms with Gasteiger partial charge in [0.25, 0.3) is 0 Å². The van der Waals surface area contributed by atoms with Gasteiger partial charge in [-0.2, -0.15) is 0 Å². The van der Waals surface area contributed by atoms with Gasteiger partial charge in [0.2, 0.25) is 0 Å². The van der Waals surface area contributed by atoms with Crippen LogP contribution < -0.4 is 0 Å². The quantitative estimate of drug-likeness (QED) is 0.249. The summed E-state index contributed by atoms with van der Waals surface area (Å²) in [5.41, 5.74) is 7.94. The van der Waals surface area contributed by atoms with Crippen LogP contribution >= 0.6 is 0 Å². The van der Waals surface area contributed by atoms with E-state index in [1.54, 1.807) is 0 Å². The second-order valence-corrected chi connectivity index (χ2v) is 1.88. The van der Waals surface area contributed by atoms with E-state index in [9.17, 15) is 4.79 Å². The largest absolute Gasteiger partial charge is 0.462 e. The van der Waals surface area contributed by atoms with Gasteiger partial charge in [0.05, 0.1) is 6.54 Å². The summed E-state index contributed by atoms with van der Waals surface area (Å²) in [7, 11) is 0. The molecule has 0 saturated carbocycles. The maximum atomic E-state index is 10.6. The zero-order valence-corrected chi connectivity index (χ0v) is 5.23. The zero-order chi connectivity index (χ0) is 8.27. The molecule has 1 aliphatic rings. The van der Waals surface area contributed by atoms with Crippen molar-refractivity contribution in [1.82, 2.24) is 0 Å². The summed E-state index contributed by atoms with van der Waals surface area (Å²) in [5, 5.41) is 3.22. The monoisotopic (exact) mass is 142 g/mol. The fraction of sp³-hybridized carbons (Fsp3) is 0.800. The number of carbonyl (C=O) groups excluding carboxylic acids is 1. The number of azide groups is 1. The molecule has 0 aromatic carbocycles. The maximum absolute atomic E-state index is 10.6. The molecular formula is C5H7N3O2. The highest BCUT2D eigenvalue weighted by molar-refractivity contribution is 5.71. The van der Waals surface area contributed by atoms with Gasteiger partial charge in [0.15, 0.2) is 0 Å². The Kier molecular flexibility index (Phi) is 1.71. The second-order valence-electron chi connectivity index (χ2n) is 1.88. The average Bonchev–Trinajstić information content (AvgIpc) is 2.26. The molecule has 0 radical (unpaired) electrons. The number of hydrogen-bond donors (Lipinski definition) is 0. The van der Waals surface area contributed by atoms with E-state index in [1.807, 2.05) is 0 Å². The third-order valence-corrected chi connectivity index (χ3v) is 1.16.